The number of alkyl halides is 6. The normalized spacial score (nSPS) is 17.9. The fourth-order valence-electron chi connectivity index (χ4n) is 4.61. The monoisotopic (exact) mass is 620 g/mol. The molecule has 3 amide bonds. The molecule has 0 saturated carbocycles. The Hall–Kier alpha value is -3.96. The number of halogens is 6. The highest BCUT2D eigenvalue weighted by Crippen LogP contribution is 2.44. The van der Waals surface area contributed by atoms with Crippen molar-refractivity contribution in [3.05, 3.63) is 41.1 Å². The van der Waals surface area contributed by atoms with Gasteiger partial charge >= 0.3 is 18.4 Å². The van der Waals surface area contributed by atoms with E-state index in [1.807, 2.05) is 5.32 Å². The Balaban J connectivity index is 1.69. The second kappa shape index (κ2) is 11.6. The van der Waals surface area contributed by atoms with E-state index in [-0.39, 0.29) is 40.8 Å². The molecule has 1 fully saturated rings. The van der Waals surface area contributed by atoms with Crippen molar-refractivity contribution in [3.63, 3.8) is 0 Å². The molecule has 0 aromatic carbocycles. The molecule has 43 heavy (non-hydrogen) atoms. The van der Waals surface area contributed by atoms with E-state index in [0.717, 1.165) is 18.7 Å². The molecular weight excluding hydrogens is 590 g/mol. The fraction of sp³-hybridized carbons (Fsp3) is 0.600. The maximum absolute atomic E-state index is 13.9. The van der Waals surface area contributed by atoms with Crippen LogP contribution in [0.25, 0.3) is 5.65 Å². The summed E-state index contributed by atoms with van der Waals surface area (Å²) in [6, 6.07) is -3.86. The molecule has 3 aromatic rings. The van der Waals surface area contributed by atoms with Gasteiger partial charge in [0, 0.05) is 18.6 Å². The van der Waals surface area contributed by atoms with Crippen LogP contribution in [0.4, 0.5) is 31.1 Å². The lowest BCUT2D eigenvalue weighted by Gasteiger charge is -2.31. The molecule has 12 nitrogen and oxygen atoms in total. The minimum atomic E-state index is -4.66. The number of fused-ring (bicyclic) bond motifs is 1. The highest BCUT2D eigenvalue weighted by Gasteiger charge is 2.50. The molecule has 4 rings (SSSR count). The van der Waals surface area contributed by atoms with Gasteiger partial charge in [0.25, 0.3) is 5.91 Å². The van der Waals surface area contributed by atoms with Crippen LogP contribution in [0.1, 0.15) is 79.6 Å². The molecule has 0 spiro atoms. The predicted octanol–water partition coefficient (Wildman–Crippen LogP) is 4.33. The molecule has 1 saturated heterocycles. The van der Waals surface area contributed by atoms with Crippen molar-refractivity contribution in [2.75, 3.05) is 20.3 Å². The van der Waals surface area contributed by atoms with Gasteiger partial charge in [-0.15, -0.1) is 0 Å². The zero-order valence-corrected chi connectivity index (χ0v) is 23.7. The van der Waals surface area contributed by atoms with E-state index in [2.05, 4.69) is 30.3 Å². The number of hydrogen-bond acceptors (Lipinski definition) is 8. The number of ether oxygens (including phenoxy) is 1. The molecule has 0 bridgehead atoms. The first kappa shape index (κ1) is 32.0. The highest BCUT2D eigenvalue weighted by atomic mass is 19.4. The molecule has 0 unspecified atom stereocenters. The zero-order valence-electron chi connectivity index (χ0n) is 23.7. The van der Waals surface area contributed by atoms with E-state index in [1.165, 1.54) is 30.1 Å². The number of nitrogens with one attached hydrogen (secondary N) is 2. The molecule has 1 aliphatic heterocycles. The lowest BCUT2D eigenvalue weighted by Crippen LogP contribution is -2.40. The zero-order chi connectivity index (χ0) is 31.9. The van der Waals surface area contributed by atoms with Gasteiger partial charge < -0.3 is 20.3 Å². The topological polar surface area (TPSA) is 140 Å². The third-order valence-corrected chi connectivity index (χ3v) is 7.20. The number of imidazole rings is 1. The molecule has 18 heteroatoms. The first-order valence-electron chi connectivity index (χ1n) is 13.1. The van der Waals surface area contributed by atoms with Gasteiger partial charge in [0.15, 0.2) is 11.3 Å². The fourth-order valence-corrected chi connectivity index (χ4v) is 4.61. The van der Waals surface area contributed by atoms with Crippen LogP contribution >= 0.6 is 0 Å². The number of nitrogens with zero attached hydrogens (tertiary/aromatic N) is 6. The van der Waals surface area contributed by atoms with Gasteiger partial charge in [-0.3, -0.25) is 4.79 Å². The number of aromatic nitrogens is 5. The number of amides is 3. The third kappa shape index (κ3) is 6.67. The Morgan fingerprint density at radius 2 is 1.91 bits per heavy atom. The molecule has 3 aromatic heterocycles. The summed E-state index contributed by atoms with van der Waals surface area (Å²) in [5.74, 6) is -1.09. The SMILES string of the molecule is COC[C@H](c1cnn2cc([C@H](CC(C)(C)C(F)(F)F)NC(=O)c3nonc3C(C)C)nc2c1)N1C[C@@H](C(F)(F)F)NC1=O. The van der Waals surface area contributed by atoms with Crippen LogP contribution < -0.4 is 10.6 Å². The van der Waals surface area contributed by atoms with Crippen LogP contribution in [-0.4, -0.2) is 80.4 Å². The second-order valence-corrected chi connectivity index (χ2v) is 11.2. The quantitative estimate of drug-likeness (QED) is 0.320. The Morgan fingerprint density at radius 3 is 2.49 bits per heavy atom. The molecule has 236 valence electrons. The Kier molecular flexibility index (Phi) is 8.63. The van der Waals surface area contributed by atoms with Gasteiger partial charge in [0.2, 0.25) is 0 Å². The lowest BCUT2D eigenvalue weighted by molar-refractivity contribution is -0.215. The number of carbonyl (C=O) groups is 2. The summed E-state index contributed by atoms with van der Waals surface area (Å²) in [5.41, 5.74) is -1.82. The molecule has 1 aliphatic rings. The smallest absolute Gasteiger partial charge is 0.382 e. The first-order valence-corrected chi connectivity index (χ1v) is 13.1. The van der Waals surface area contributed by atoms with E-state index in [0.29, 0.717) is 0 Å². The van der Waals surface area contributed by atoms with Crippen LogP contribution in [0.2, 0.25) is 0 Å². The molecule has 0 aliphatic carbocycles. The summed E-state index contributed by atoms with van der Waals surface area (Å²) >= 11 is 0. The Bertz CT molecular complexity index is 1470. The van der Waals surface area contributed by atoms with Crippen molar-refractivity contribution in [2.24, 2.45) is 5.41 Å². The average molecular weight is 621 g/mol. The van der Waals surface area contributed by atoms with E-state index in [1.54, 1.807) is 13.8 Å². The van der Waals surface area contributed by atoms with Gasteiger partial charge in [0.1, 0.15) is 11.7 Å². The number of hydrogen-bond donors (Lipinski definition) is 2. The average Bonchev–Trinajstić information content (AvgIpc) is 3.63. The van der Waals surface area contributed by atoms with Crippen molar-refractivity contribution in [3.8, 4) is 0 Å². The summed E-state index contributed by atoms with van der Waals surface area (Å²) in [5, 5.41) is 16.0. The van der Waals surface area contributed by atoms with Crippen LogP contribution in [0.3, 0.4) is 0 Å². The van der Waals surface area contributed by atoms with Crippen LogP contribution in [0, 0.1) is 5.41 Å². The number of rotatable bonds is 10. The molecule has 4 heterocycles. The van der Waals surface area contributed by atoms with Crippen molar-refractivity contribution in [2.45, 2.75) is 70.5 Å². The van der Waals surface area contributed by atoms with Crippen molar-refractivity contribution in [1.82, 2.24) is 40.4 Å². The first-order chi connectivity index (χ1) is 19.9. The summed E-state index contributed by atoms with van der Waals surface area (Å²) in [7, 11) is 1.31. The van der Waals surface area contributed by atoms with Crippen molar-refractivity contribution >= 4 is 17.6 Å². The summed E-state index contributed by atoms with van der Waals surface area (Å²) in [6.07, 6.45) is -7.28. The third-order valence-electron chi connectivity index (χ3n) is 7.20. The minimum Gasteiger partial charge on any atom is -0.382 e. The minimum absolute atomic E-state index is 0.0252. The van der Waals surface area contributed by atoms with Gasteiger partial charge in [-0.05, 0) is 17.6 Å². The Morgan fingerprint density at radius 1 is 1.21 bits per heavy atom. The van der Waals surface area contributed by atoms with Crippen molar-refractivity contribution < 1.29 is 45.3 Å². The number of carbonyl (C=O) groups excluding carboxylic acids is 2. The van der Waals surface area contributed by atoms with Gasteiger partial charge in [-0.1, -0.05) is 32.9 Å². The summed E-state index contributed by atoms with van der Waals surface area (Å²) < 4.78 is 92.5. The number of methoxy groups -OCH3 is 1. The highest BCUT2D eigenvalue weighted by molar-refractivity contribution is 5.93. The molecular formula is C25H30F6N8O4. The lowest BCUT2D eigenvalue weighted by atomic mass is 9.84. The Labute approximate surface area is 241 Å². The maximum atomic E-state index is 13.9. The molecule has 3 atom stereocenters. The molecule has 2 N–H and O–H groups in total. The van der Waals surface area contributed by atoms with Crippen LogP contribution in [0.15, 0.2) is 23.1 Å². The van der Waals surface area contributed by atoms with Gasteiger partial charge in [0.05, 0.1) is 48.7 Å². The van der Waals surface area contributed by atoms with E-state index in [4.69, 9.17) is 4.74 Å². The van der Waals surface area contributed by atoms with Crippen molar-refractivity contribution in [1.29, 1.82) is 0 Å². The summed E-state index contributed by atoms with van der Waals surface area (Å²) in [6.45, 7) is 4.60. The largest absolute Gasteiger partial charge is 0.410 e. The van der Waals surface area contributed by atoms with Gasteiger partial charge in [-0.25, -0.2) is 18.9 Å². The van der Waals surface area contributed by atoms with E-state index in [9.17, 15) is 35.9 Å². The molecule has 0 radical (unpaired) electrons. The van der Waals surface area contributed by atoms with Crippen LogP contribution in [0.5, 0.6) is 0 Å². The van der Waals surface area contributed by atoms with E-state index >= 15 is 0 Å². The number of urea groups is 1. The standard InChI is InChI=1S/C25H30F6N8O4/c1-12(2)19-20(37-43-36-19)21(40)34-14(7-23(3,4)25(29,30)31)15-9-39-18(33-15)6-13(8-32-39)16(11-42-5)38-10-17(24(26,27)28)35-22(38)41/h6,8-9,12,14,16-17H,7,10-11H2,1-5H3,(H,34,40)(H,35,41)/t14-,16+,17-/m0/s1. The van der Waals surface area contributed by atoms with Crippen LogP contribution in [-0.2, 0) is 4.74 Å². The predicted molar refractivity (Wildman–Crippen MR) is 136 cm³/mol. The van der Waals surface area contributed by atoms with Gasteiger partial charge in [-0.2, -0.15) is 31.4 Å². The second-order valence-electron chi connectivity index (χ2n) is 11.2. The summed E-state index contributed by atoms with van der Waals surface area (Å²) in [4.78, 5) is 30.9. The maximum Gasteiger partial charge on any atom is 0.410 e. The van der Waals surface area contributed by atoms with E-state index < -0.39 is 60.8 Å².